The molecule has 0 aromatic rings. The summed E-state index contributed by atoms with van der Waals surface area (Å²) in [6.07, 6.45) is 1.19. The third-order valence-electron chi connectivity index (χ3n) is 1.29. The van der Waals surface area contributed by atoms with Crippen LogP contribution in [0.15, 0.2) is 0 Å². The lowest BCUT2D eigenvalue weighted by molar-refractivity contribution is 0.0884. The Morgan fingerprint density at radius 2 is 2.10 bits per heavy atom. The van der Waals surface area contributed by atoms with Crippen LogP contribution in [0.3, 0.4) is 0 Å². The summed E-state index contributed by atoms with van der Waals surface area (Å²) in [5, 5.41) is 20.4. The van der Waals surface area contributed by atoms with E-state index in [0.29, 0.717) is 6.42 Å². The van der Waals surface area contributed by atoms with Crippen molar-refractivity contribution in [1.82, 2.24) is 5.32 Å². The molecule has 10 heavy (non-hydrogen) atoms. The maximum Gasteiger partial charge on any atom is 0.0783 e. The van der Waals surface area contributed by atoms with Gasteiger partial charge in [0.1, 0.15) is 0 Å². The minimum absolute atomic E-state index is 0.131. The summed E-state index contributed by atoms with van der Waals surface area (Å²) in [4.78, 5) is 0. The molecule has 0 aliphatic rings. The summed E-state index contributed by atoms with van der Waals surface area (Å²) < 4.78 is 0. The Labute approximate surface area is 62.1 Å². The molecule has 0 aliphatic carbocycles. The zero-order chi connectivity index (χ0) is 7.82. The van der Waals surface area contributed by atoms with E-state index in [2.05, 4.69) is 12.2 Å². The second kappa shape index (κ2) is 6.99. The first-order chi connectivity index (χ1) is 4.81. The van der Waals surface area contributed by atoms with E-state index >= 15 is 0 Å². The Kier molecular flexibility index (Phi) is 6.91. The van der Waals surface area contributed by atoms with Crippen LogP contribution >= 0.6 is 0 Å². The zero-order valence-electron chi connectivity index (χ0n) is 6.51. The topological polar surface area (TPSA) is 52.5 Å². The molecule has 0 aromatic carbocycles. The average Bonchev–Trinajstić information content (AvgIpc) is 1.98. The standard InChI is InChI=1S/C7H17NO2/c1-2-4-8-5-3-7(10)6-9/h7-10H,2-6H2,1H3/t7-/m0/s1. The highest BCUT2D eigenvalue weighted by Gasteiger charge is 1.98. The van der Waals surface area contributed by atoms with Crippen molar-refractivity contribution in [3.05, 3.63) is 0 Å². The van der Waals surface area contributed by atoms with E-state index in [4.69, 9.17) is 10.2 Å². The predicted octanol–water partition coefficient (Wildman–Crippen LogP) is -0.271. The molecule has 0 saturated heterocycles. The molecule has 0 saturated carbocycles. The van der Waals surface area contributed by atoms with Crippen molar-refractivity contribution in [1.29, 1.82) is 0 Å². The van der Waals surface area contributed by atoms with E-state index in [0.717, 1.165) is 19.5 Å². The molecular formula is C7H17NO2. The number of nitrogens with one attached hydrogen (secondary N) is 1. The van der Waals surface area contributed by atoms with Crippen molar-refractivity contribution in [2.45, 2.75) is 25.9 Å². The molecule has 0 bridgehead atoms. The summed E-state index contributed by atoms with van der Waals surface area (Å²) in [6.45, 7) is 3.73. The van der Waals surface area contributed by atoms with E-state index in [1.807, 2.05) is 0 Å². The molecule has 0 fully saturated rings. The SMILES string of the molecule is CCCNCC[C@H](O)CO. The molecule has 0 rings (SSSR count). The first kappa shape index (κ1) is 9.88. The van der Waals surface area contributed by atoms with E-state index in [9.17, 15) is 0 Å². The highest BCUT2D eigenvalue weighted by Crippen LogP contribution is 1.86. The quantitative estimate of drug-likeness (QED) is 0.453. The number of hydrogen-bond acceptors (Lipinski definition) is 3. The van der Waals surface area contributed by atoms with Gasteiger partial charge in [0, 0.05) is 0 Å². The van der Waals surface area contributed by atoms with Crippen LogP contribution in [0, 0.1) is 0 Å². The molecule has 0 amide bonds. The molecule has 3 N–H and O–H groups in total. The van der Waals surface area contributed by atoms with Crippen molar-refractivity contribution in [2.24, 2.45) is 0 Å². The monoisotopic (exact) mass is 147 g/mol. The van der Waals surface area contributed by atoms with E-state index in [1.54, 1.807) is 0 Å². The molecule has 3 nitrogen and oxygen atoms in total. The van der Waals surface area contributed by atoms with Crippen molar-refractivity contribution >= 4 is 0 Å². The lowest BCUT2D eigenvalue weighted by Crippen LogP contribution is -2.22. The van der Waals surface area contributed by atoms with Crippen molar-refractivity contribution < 1.29 is 10.2 Å². The molecule has 1 atom stereocenters. The van der Waals surface area contributed by atoms with Gasteiger partial charge < -0.3 is 15.5 Å². The second-order valence-corrected chi connectivity index (χ2v) is 2.38. The van der Waals surface area contributed by atoms with Gasteiger partial charge in [-0.3, -0.25) is 0 Å². The Balaban J connectivity index is 2.89. The van der Waals surface area contributed by atoms with Crippen LogP contribution in [0.1, 0.15) is 19.8 Å². The number of rotatable bonds is 6. The van der Waals surface area contributed by atoms with Gasteiger partial charge in [-0.05, 0) is 25.9 Å². The van der Waals surface area contributed by atoms with Crippen molar-refractivity contribution in [3.8, 4) is 0 Å². The van der Waals surface area contributed by atoms with Gasteiger partial charge in [0.2, 0.25) is 0 Å². The van der Waals surface area contributed by atoms with Crippen LogP contribution in [0.5, 0.6) is 0 Å². The molecule has 0 aliphatic heterocycles. The summed E-state index contributed by atoms with van der Waals surface area (Å²) >= 11 is 0. The Bertz CT molecular complexity index is 68.6. The first-order valence-corrected chi connectivity index (χ1v) is 3.81. The Hall–Kier alpha value is -0.120. The molecule has 0 unspecified atom stereocenters. The van der Waals surface area contributed by atoms with Crippen LogP contribution in [0.4, 0.5) is 0 Å². The molecular weight excluding hydrogens is 130 g/mol. The van der Waals surface area contributed by atoms with Crippen molar-refractivity contribution in [2.75, 3.05) is 19.7 Å². The van der Waals surface area contributed by atoms with Crippen molar-refractivity contribution in [3.63, 3.8) is 0 Å². The van der Waals surface area contributed by atoms with E-state index in [1.165, 1.54) is 0 Å². The third kappa shape index (κ3) is 6.01. The Morgan fingerprint density at radius 1 is 1.40 bits per heavy atom. The molecule has 0 radical (unpaired) electrons. The van der Waals surface area contributed by atoms with Gasteiger partial charge in [0.25, 0.3) is 0 Å². The normalized spacial score (nSPS) is 13.5. The lowest BCUT2D eigenvalue weighted by Gasteiger charge is -2.06. The fourth-order valence-corrected chi connectivity index (χ4v) is 0.662. The maximum atomic E-state index is 8.87. The Morgan fingerprint density at radius 3 is 2.60 bits per heavy atom. The van der Waals surface area contributed by atoms with Gasteiger partial charge in [0.15, 0.2) is 0 Å². The minimum Gasteiger partial charge on any atom is -0.394 e. The van der Waals surface area contributed by atoms with Crippen LogP contribution < -0.4 is 5.32 Å². The fraction of sp³-hybridized carbons (Fsp3) is 1.00. The first-order valence-electron chi connectivity index (χ1n) is 3.81. The number of aliphatic hydroxyl groups excluding tert-OH is 2. The number of hydrogen-bond donors (Lipinski definition) is 3. The summed E-state index contributed by atoms with van der Waals surface area (Å²) in [7, 11) is 0. The van der Waals surface area contributed by atoms with Crippen LogP contribution in [0.2, 0.25) is 0 Å². The number of aliphatic hydroxyl groups is 2. The van der Waals surface area contributed by atoms with E-state index in [-0.39, 0.29) is 6.61 Å². The van der Waals surface area contributed by atoms with Gasteiger partial charge in [-0.2, -0.15) is 0 Å². The van der Waals surface area contributed by atoms with Crippen LogP contribution in [0.25, 0.3) is 0 Å². The van der Waals surface area contributed by atoms with Gasteiger partial charge in [-0.15, -0.1) is 0 Å². The van der Waals surface area contributed by atoms with Gasteiger partial charge in [-0.25, -0.2) is 0 Å². The van der Waals surface area contributed by atoms with E-state index < -0.39 is 6.10 Å². The fourth-order valence-electron chi connectivity index (χ4n) is 0.662. The lowest BCUT2D eigenvalue weighted by atomic mass is 10.2. The summed E-state index contributed by atoms with van der Waals surface area (Å²) in [5.74, 6) is 0. The highest BCUT2D eigenvalue weighted by atomic mass is 16.3. The zero-order valence-corrected chi connectivity index (χ0v) is 6.51. The third-order valence-corrected chi connectivity index (χ3v) is 1.29. The molecule has 0 spiro atoms. The van der Waals surface area contributed by atoms with Crippen LogP contribution in [-0.2, 0) is 0 Å². The smallest absolute Gasteiger partial charge is 0.0783 e. The van der Waals surface area contributed by atoms with Gasteiger partial charge in [0.05, 0.1) is 12.7 Å². The van der Waals surface area contributed by atoms with Gasteiger partial charge in [-0.1, -0.05) is 6.92 Å². The minimum atomic E-state index is -0.552. The largest absolute Gasteiger partial charge is 0.394 e. The molecule has 0 heterocycles. The van der Waals surface area contributed by atoms with Crippen LogP contribution in [-0.4, -0.2) is 36.0 Å². The highest BCUT2D eigenvalue weighted by molar-refractivity contribution is 4.54. The summed E-state index contributed by atoms with van der Waals surface area (Å²) in [6, 6.07) is 0. The molecule has 3 heteroatoms. The average molecular weight is 147 g/mol. The second-order valence-electron chi connectivity index (χ2n) is 2.38. The molecule has 62 valence electrons. The predicted molar refractivity (Wildman–Crippen MR) is 40.9 cm³/mol. The summed E-state index contributed by atoms with van der Waals surface area (Å²) in [5.41, 5.74) is 0. The maximum absolute atomic E-state index is 8.87. The van der Waals surface area contributed by atoms with Gasteiger partial charge >= 0.3 is 0 Å². The molecule has 0 aromatic heterocycles.